The fourth-order valence-electron chi connectivity index (χ4n) is 4.26. The van der Waals surface area contributed by atoms with Gasteiger partial charge in [-0.3, -0.25) is 4.79 Å². The van der Waals surface area contributed by atoms with E-state index < -0.39 is 10.0 Å². The Kier molecular flexibility index (Phi) is 6.26. The number of nitrogens with zero attached hydrogens (tertiary/aromatic N) is 1. The van der Waals surface area contributed by atoms with Crippen LogP contribution in [0.15, 0.2) is 23.1 Å². The zero-order chi connectivity index (χ0) is 19.4. The van der Waals surface area contributed by atoms with Gasteiger partial charge in [0, 0.05) is 18.7 Å². The standard InChI is InChI=1S/C19H28N2O5S/c1-25-17-10-9-15(12-18(17)26-2)27(23,24)20-13-19(22)21-11-5-7-14-6-3-4-8-16(14)21/h9-10,12,14,16,20H,3-8,11,13H2,1-2H3/t14-,16+/m1/s1. The molecule has 2 fully saturated rings. The molecule has 1 aliphatic heterocycles. The molecule has 2 aliphatic rings. The maximum Gasteiger partial charge on any atom is 0.241 e. The summed E-state index contributed by atoms with van der Waals surface area (Å²) in [7, 11) is -0.881. The van der Waals surface area contributed by atoms with Gasteiger partial charge in [-0.2, -0.15) is 0 Å². The first-order valence-corrected chi connectivity index (χ1v) is 11.0. The summed E-state index contributed by atoms with van der Waals surface area (Å²) in [4.78, 5) is 14.6. The summed E-state index contributed by atoms with van der Waals surface area (Å²) in [5.74, 6) is 1.20. The Hall–Kier alpha value is -1.80. The van der Waals surface area contributed by atoms with E-state index in [0.29, 0.717) is 17.4 Å². The number of hydrogen-bond acceptors (Lipinski definition) is 5. The first-order chi connectivity index (χ1) is 13.0. The Balaban J connectivity index is 1.67. The first kappa shape index (κ1) is 19.9. The Morgan fingerprint density at radius 1 is 1.11 bits per heavy atom. The smallest absolute Gasteiger partial charge is 0.241 e. The second-order valence-corrected chi connectivity index (χ2v) is 8.95. The molecule has 0 bridgehead atoms. The molecule has 1 aromatic rings. The van der Waals surface area contributed by atoms with Crippen LogP contribution in [0.2, 0.25) is 0 Å². The number of piperidine rings is 1. The van der Waals surface area contributed by atoms with Crippen molar-refractivity contribution < 1.29 is 22.7 Å². The highest BCUT2D eigenvalue weighted by Gasteiger charge is 2.35. The maximum absolute atomic E-state index is 12.7. The number of likely N-dealkylation sites (tertiary alicyclic amines) is 1. The van der Waals surface area contributed by atoms with E-state index in [9.17, 15) is 13.2 Å². The average molecular weight is 397 g/mol. The van der Waals surface area contributed by atoms with Crippen molar-refractivity contribution in [1.82, 2.24) is 9.62 Å². The highest BCUT2D eigenvalue weighted by molar-refractivity contribution is 7.89. The molecule has 0 unspecified atom stereocenters. The van der Waals surface area contributed by atoms with E-state index in [0.717, 1.165) is 25.8 Å². The van der Waals surface area contributed by atoms with E-state index in [1.165, 1.54) is 51.7 Å². The number of fused-ring (bicyclic) bond motifs is 1. The summed E-state index contributed by atoms with van der Waals surface area (Å²) in [5, 5.41) is 0. The van der Waals surface area contributed by atoms with Gasteiger partial charge in [0.15, 0.2) is 11.5 Å². The van der Waals surface area contributed by atoms with Crippen molar-refractivity contribution in [2.24, 2.45) is 5.92 Å². The van der Waals surface area contributed by atoms with Gasteiger partial charge < -0.3 is 14.4 Å². The van der Waals surface area contributed by atoms with Gasteiger partial charge in [0.05, 0.1) is 25.7 Å². The number of methoxy groups -OCH3 is 2. The third kappa shape index (κ3) is 4.38. The molecule has 27 heavy (non-hydrogen) atoms. The molecule has 1 saturated carbocycles. The normalized spacial score (nSPS) is 22.8. The van der Waals surface area contributed by atoms with E-state index in [-0.39, 0.29) is 23.4 Å². The number of amides is 1. The number of rotatable bonds is 6. The van der Waals surface area contributed by atoms with Crippen LogP contribution < -0.4 is 14.2 Å². The SMILES string of the molecule is COc1ccc(S(=O)(=O)NCC(=O)N2CCC[C@H]3CCCC[C@@H]32)cc1OC. The molecular weight excluding hydrogens is 368 g/mol. The predicted molar refractivity (Wildman–Crippen MR) is 101 cm³/mol. The monoisotopic (exact) mass is 396 g/mol. The van der Waals surface area contributed by atoms with Gasteiger partial charge in [0.25, 0.3) is 0 Å². The zero-order valence-electron chi connectivity index (χ0n) is 15.9. The van der Waals surface area contributed by atoms with Gasteiger partial charge in [0.2, 0.25) is 15.9 Å². The summed E-state index contributed by atoms with van der Waals surface area (Å²) in [6, 6.07) is 4.63. The Morgan fingerprint density at radius 3 is 2.56 bits per heavy atom. The highest BCUT2D eigenvalue weighted by atomic mass is 32.2. The van der Waals surface area contributed by atoms with Crippen molar-refractivity contribution in [2.75, 3.05) is 27.3 Å². The summed E-state index contributed by atoms with van der Waals surface area (Å²) in [6.07, 6.45) is 6.74. The van der Waals surface area contributed by atoms with Gasteiger partial charge in [-0.15, -0.1) is 0 Å². The number of sulfonamides is 1. The molecule has 1 heterocycles. The summed E-state index contributed by atoms with van der Waals surface area (Å²) < 4.78 is 37.9. The molecule has 0 aromatic heterocycles. The second-order valence-electron chi connectivity index (χ2n) is 7.18. The molecule has 1 aliphatic carbocycles. The number of hydrogen-bond donors (Lipinski definition) is 1. The van der Waals surface area contributed by atoms with Gasteiger partial charge in [0.1, 0.15) is 0 Å². The maximum atomic E-state index is 12.7. The van der Waals surface area contributed by atoms with Crippen molar-refractivity contribution in [3.63, 3.8) is 0 Å². The molecule has 7 nitrogen and oxygen atoms in total. The van der Waals surface area contributed by atoms with Crippen LogP contribution >= 0.6 is 0 Å². The number of benzene rings is 1. The molecular formula is C19H28N2O5S. The third-order valence-corrected chi connectivity index (χ3v) is 7.04. The van der Waals surface area contributed by atoms with Gasteiger partial charge >= 0.3 is 0 Å². The van der Waals surface area contributed by atoms with Crippen LogP contribution in [0.3, 0.4) is 0 Å². The Bertz CT molecular complexity index is 778. The molecule has 1 saturated heterocycles. The lowest BCUT2D eigenvalue weighted by Gasteiger charge is -2.44. The second kappa shape index (κ2) is 8.48. The van der Waals surface area contributed by atoms with Crippen molar-refractivity contribution in [2.45, 2.75) is 49.5 Å². The molecule has 1 aromatic carbocycles. The van der Waals surface area contributed by atoms with Crippen LogP contribution in [-0.4, -0.2) is 52.6 Å². The van der Waals surface area contributed by atoms with Crippen molar-refractivity contribution in [3.8, 4) is 11.5 Å². The van der Waals surface area contributed by atoms with Gasteiger partial charge in [-0.05, 0) is 43.7 Å². The lowest BCUT2D eigenvalue weighted by atomic mass is 9.78. The summed E-state index contributed by atoms with van der Waals surface area (Å²) >= 11 is 0. The quantitative estimate of drug-likeness (QED) is 0.797. The minimum absolute atomic E-state index is 0.0436. The van der Waals surface area contributed by atoms with Crippen LogP contribution in [0.1, 0.15) is 38.5 Å². The molecule has 150 valence electrons. The number of ether oxygens (including phenoxy) is 2. The molecule has 0 spiro atoms. The minimum Gasteiger partial charge on any atom is -0.493 e. The molecule has 1 N–H and O–H groups in total. The average Bonchev–Trinajstić information content (AvgIpc) is 2.71. The number of carbonyl (C=O) groups excluding carboxylic acids is 1. The third-order valence-electron chi connectivity index (χ3n) is 5.64. The van der Waals surface area contributed by atoms with E-state index in [2.05, 4.69) is 4.72 Å². The predicted octanol–water partition coefficient (Wildman–Crippen LogP) is 2.16. The van der Waals surface area contributed by atoms with Gasteiger partial charge in [-0.25, -0.2) is 13.1 Å². The van der Waals surface area contributed by atoms with Crippen LogP contribution in [0.5, 0.6) is 11.5 Å². The van der Waals surface area contributed by atoms with E-state index >= 15 is 0 Å². The van der Waals surface area contributed by atoms with E-state index in [4.69, 9.17) is 9.47 Å². The van der Waals surface area contributed by atoms with Crippen LogP contribution in [-0.2, 0) is 14.8 Å². The number of carbonyl (C=O) groups is 1. The van der Waals surface area contributed by atoms with Gasteiger partial charge in [-0.1, -0.05) is 12.8 Å². The zero-order valence-corrected chi connectivity index (χ0v) is 16.8. The van der Waals surface area contributed by atoms with Crippen LogP contribution in [0.4, 0.5) is 0 Å². The lowest BCUT2D eigenvalue weighted by Crippen LogP contribution is -2.52. The summed E-state index contributed by atoms with van der Waals surface area (Å²) in [6.45, 7) is 0.498. The largest absolute Gasteiger partial charge is 0.493 e. The van der Waals surface area contributed by atoms with E-state index in [1.54, 1.807) is 0 Å². The first-order valence-electron chi connectivity index (χ1n) is 9.47. The molecule has 1 amide bonds. The van der Waals surface area contributed by atoms with Crippen LogP contribution in [0.25, 0.3) is 0 Å². The molecule has 0 radical (unpaired) electrons. The fourth-order valence-corrected chi connectivity index (χ4v) is 5.25. The van der Waals surface area contributed by atoms with Crippen molar-refractivity contribution in [1.29, 1.82) is 0 Å². The topological polar surface area (TPSA) is 84.9 Å². The summed E-state index contributed by atoms with van der Waals surface area (Å²) in [5.41, 5.74) is 0. The molecule has 2 atom stereocenters. The minimum atomic E-state index is -3.81. The molecule has 3 rings (SSSR count). The molecule has 8 heteroatoms. The Labute approximate surface area is 161 Å². The lowest BCUT2D eigenvalue weighted by molar-refractivity contribution is -0.136. The van der Waals surface area contributed by atoms with E-state index in [1.807, 2.05) is 4.90 Å². The number of nitrogens with one attached hydrogen (secondary N) is 1. The van der Waals surface area contributed by atoms with Crippen LogP contribution in [0, 0.1) is 5.92 Å². The highest BCUT2D eigenvalue weighted by Crippen LogP contribution is 2.35. The van der Waals surface area contributed by atoms with Crippen molar-refractivity contribution >= 4 is 15.9 Å². The van der Waals surface area contributed by atoms with Crippen molar-refractivity contribution in [3.05, 3.63) is 18.2 Å². The fraction of sp³-hybridized carbons (Fsp3) is 0.632. The Morgan fingerprint density at radius 2 is 1.81 bits per heavy atom.